The van der Waals surface area contributed by atoms with E-state index in [0.29, 0.717) is 24.3 Å². The van der Waals surface area contributed by atoms with Crippen LogP contribution in [0.15, 0.2) is 24.3 Å². The Morgan fingerprint density at radius 3 is 2.62 bits per heavy atom. The molecule has 2 fully saturated rings. The van der Waals surface area contributed by atoms with E-state index in [2.05, 4.69) is 16.0 Å². The number of amides is 3. The van der Waals surface area contributed by atoms with Crippen LogP contribution in [0.3, 0.4) is 0 Å². The summed E-state index contributed by atoms with van der Waals surface area (Å²) < 4.78 is 5.30. The third-order valence-electron chi connectivity index (χ3n) is 6.13. The highest BCUT2D eigenvalue weighted by atomic mass is 35.5. The number of alkyl carbamates (subject to hydrolysis) is 1. The van der Waals surface area contributed by atoms with Gasteiger partial charge in [-0.25, -0.2) is 4.79 Å². The zero-order chi connectivity index (χ0) is 22.9. The van der Waals surface area contributed by atoms with Gasteiger partial charge in [0, 0.05) is 17.5 Å². The van der Waals surface area contributed by atoms with Crippen molar-refractivity contribution in [2.24, 2.45) is 11.8 Å². The largest absolute Gasteiger partial charge is 0.445 e. The Morgan fingerprint density at radius 1 is 1.19 bits per heavy atom. The normalized spacial score (nSPS) is 20.7. The van der Waals surface area contributed by atoms with Gasteiger partial charge in [0.15, 0.2) is 0 Å². The summed E-state index contributed by atoms with van der Waals surface area (Å²) >= 11 is 5.96. The maximum atomic E-state index is 13.1. The lowest BCUT2D eigenvalue weighted by Gasteiger charge is -2.30. The number of hydrogen-bond acceptors (Lipinski definition) is 5. The summed E-state index contributed by atoms with van der Waals surface area (Å²) in [6.45, 7) is 0.604. The highest BCUT2D eigenvalue weighted by molar-refractivity contribution is 6.30. The molecule has 3 N–H and O–H groups in total. The number of hydrogen-bond donors (Lipinski definition) is 3. The van der Waals surface area contributed by atoms with Gasteiger partial charge in [-0.3, -0.25) is 9.59 Å². The Labute approximate surface area is 192 Å². The van der Waals surface area contributed by atoms with Crippen LogP contribution in [-0.2, 0) is 25.7 Å². The minimum atomic E-state index is -0.804. The van der Waals surface area contributed by atoms with E-state index in [1.165, 1.54) is 0 Å². The fourth-order valence-corrected chi connectivity index (χ4v) is 4.62. The smallest absolute Gasteiger partial charge is 0.408 e. The molecule has 1 aliphatic carbocycles. The molecule has 174 valence electrons. The van der Waals surface area contributed by atoms with Crippen molar-refractivity contribution in [2.75, 3.05) is 6.54 Å². The summed E-state index contributed by atoms with van der Waals surface area (Å²) in [7, 11) is 0. The molecule has 0 radical (unpaired) electrons. The lowest BCUT2D eigenvalue weighted by molar-refractivity contribution is -0.128. The molecule has 0 aromatic heterocycles. The molecule has 1 aromatic carbocycles. The number of ether oxygens (including phenoxy) is 1. The monoisotopic (exact) mass is 463 g/mol. The minimum Gasteiger partial charge on any atom is -0.445 e. The Kier molecular flexibility index (Phi) is 8.90. The van der Waals surface area contributed by atoms with Crippen molar-refractivity contribution in [3.63, 3.8) is 0 Å². The van der Waals surface area contributed by atoms with E-state index >= 15 is 0 Å². The molecule has 1 saturated carbocycles. The van der Waals surface area contributed by atoms with Gasteiger partial charge in [0.05, 0.1) is 6.04 Å². The average Bonchev–Trinajstić information content (AvgIpc) is 3.20. The van der Waals surface area contributed by atoms with Gasteiger partial charge in [0.1, 0.15) is 18.9 Å². The van der Waals surface area contributed by atoms with Crippen molar-refractivity contribution in [1.29, 1.82) is 0 Å². The van der Waals surface area contributed by atoms with Crippen LogP contribution in [0.1, 0.15) is 50.5 Å². The van der Waals surface area contributed by atoms with Crippen LogP contribution in [0.4, 0.5) is 4.79 Å². The van der Waals surface area contributed by atoms with Gasteiger partial charge >= 0.3 is 6.09 Å². The first kappa shape index (κ1) is 24.0. The first-order valence-electron chi connectivity index (χ1n) is 11.2. The second kappa shape index (κ2) is 11.9. The van der Waals surface area contributed by atoms with E-state index in [1.54, 1.807) is 24.3 Å². The van der Waals surface area contributed by atoms with Crippen molar-refractivity contribution in [3.8, 4) is 0 Å². The average molecular weight is 464 g/mol. The van der Waals surface area contributed by atoms with Crippen molar-refractivity contribution >= 4 is 35.8 Å². The summed E-state index contributed by atoms with van der Waals surface area (Å²) in [5.41, 5.74) is 0.738. The van der Waals surface area contributed by atoms with Crippen LogP contribution in [0.2, 0.25) is 5.02 Å². The highest BCUT2D eigenvalue weighted by Gasteiger charge is 2.34. The molecular weight excluding hydrogens is 434 g/mol. The molecule has 1 saturated heterocycles. The first-order chi connectivity index (χ1) is 15.5. The Hall–Kier alpha value is -2.61. The zero-order valence-electron chi connectivity index (χ0n) is 18.0. The fraction of sp³-hybridized carbons (Fsp3) is 0.565. The van der Waals surface area contributed by atoms with Gasteiger partial charge in [-0.05, 0) is 49.3 Å². The second-order valence-electron chi connectivity index (χ2n) is 8.49. The van der Waals surface area contributed by atoms with Gasteiger partial charge in [-0.2, -0.15) is 0 Å². The number of rotatable bonds is 9. The third-order valence-corrected chi connectivity index (χ3v) is 6.36. The Morgan fingerprint density at radius 2 is 1.97 bits per heavy atom. The van der Waals surface area contributed by atoms with Crippen LogP contribution in [-0.4, -0.2) is 42.8 Å². The van der Waals surface area contributed by atoms with Crippen LogP contribution in [0.25, 0.3) is 0 Å². The molecule has 0 spiro atoms. The number of benzene rings is 1. The molecule has 8 nitrogen and oxygen atoms in total. The molecule has 1 aliphatic heterocycles. The summed E-state index contributed by atoms with van der Waals surface area (Å²) in [6.07, 6.45) is 5.51. The minimum absolute atomic E-state index is 0.0269. The number of carbonyl (C=O) groups excluding carboxylic acids is 4. The lowest BCUT2D eigenvalue weighted by atomic mass is 9.83. The van der Waals surface area contributed by atoms with E-state index in [4.69, 9.17) is 16.3 Å². The van der Waals surface area contributed by atoms with Crippen LogP contribution >= 0.6 is 11.6 Å². The molecular formula is C23H30ClN3O5. The third kappa shape index (κ3) is 6.95. The van der Waals surface area contributed by atoms with E-state index < -0.39 is 24.1 Å². The fourth-order valence-electron chi connectivity index (χ4n) is 4.41. The van der Waals surface area contributed by atoms with Crippen molar-refractivity contribution in [2.45, 2.75) is 63.6 Å². The van der Waals surface area contributed by atoms with Crippen molar-refractivity contribution in [3.05, 3.63) is 34.9 Å². The van der Waals surface area contributed by atoms with E-state index in [0.717, 1.165) is 37.7 Å². The number of nitrogens with one attached hydrogen (secondary N) is 3. The van der Waals surface area contributed by atoms with Gasteiger partial charge in [0.2, 0.25) is 11.8 Å². The van der Waals surface area contributed by atoms with E-state index in [-0.39, 0.29) is 30.8 Å². The van der Waals surface area contributed by atoms with E-state index in [1.807, 2.05) is 0 Å². The van der Waals surface area contributed by atoms with Crippen LogP contribution in [0.5, 0.6) is 0 Å². The van der Waals surface area contributed by atoms with Gasteiger partial charge in [0.25, 0.3) is 0 Å². The van der Waals surface area contributed by atoms with Crippen LogP contribution in [0, 0.1) is 11.8 Å². The molecule has 0 unspecified atom stereocenters. The Balaban J connectivity index is 1.60. The molecule has 3 amide bonds. The molecule has 1 heterocycles. The maximum absolute atomic E-state index is 13.1. The lowest BCUT2D eigenvalue weighted by Crippen LogP contribution is -2.54. The second-order valence-corrected chi connectivity index (χ2v) is 8.93. The summed E-state index contributed by atoms with van der Waals surface area (Å²) in [4.78, 5) is 48.9. The molecule has 3 atom stereocenters. The predicted molar refractivity (Wildman–Crippen MR) is 119 cm³/mol. The number of halogens is 1. The molecule has 9 heteroatoms. The predicted octanol–water partition coefficient (Wildman–Crippen LogP) is 2.73. The zero-order valence-corrected chi connectivity index (χ0v) is 18.7. The first-order valence-corrected chi connectivity index (χ1v) is 11.5. The summed E-state index contributed by atoms with van der Waals surface area (Å²) in [5.74, 6) is -0.858. The number of aldehydes is 1. The SMILES string of the molecule is O=C[C@H](C[C@@H]1CCNC1=O)NC(=O)[C@@H](NC(=O)OCc1cccc(Cl)c1)C1CCCCC1. The van der Waals surface area contributed by atoms with Crippen molar-refractivity contribution < 1.29 is 23.9 Å². The van der Waals surface area contributed by atoms with Gasteiger partial charge < -0.3 is 25.5 Å². The standard InChI is InChI=1S/C23H30ClN3O5/c24-18-8-4-5-15(11-18)14-32-23(31)27-20(16-6-2-1-3-7-16)22(30)26-19(13-28)12-17-9-10-25-21(17)29/h4-5,8,11,13,16-17,19-20H,1-3,6-7,9-10,12,14H2,(H,25,29)(H,26,30)(H,27,31)/t17-,19-,20-/m0/s1. The molecule has 3 rings (SSSR count). The number of carbonyl (C=O) groups is 4. The topological polar surface area (TPSA) is 114 Å². The quantitative estimate of drug-likeness (QED) is 0.487. The molecule has 2 aliphatic rings. The molecule has 0 bridgehead atoms. The van der Waals surface area contributed by atoms with Gasteiger partial charge in [-0.15, -0.1) is 0 Å². The summed E-state index contributed by atoms with van der Waals surface area (Å²) in [6, 6.07) is 5.40. The summed E-state index contributed by atoms with van der Waals surface area (Å²) in [5, 5.41) is 8.70. The highest BCUT2D eigenvalue weighted by Crippen LogP contribution is 2.27. The van der Waals surface area contributed by atoms with E-state index in [9.17, 15) is 19.2 Å². The Bertz CT molecular complexity index is 828. The maximum Gasteiger partial charge on any atom is 0.408 e. The molecule has 1 aromatic rings. The van der Waals surface area contributed by atoms with Gasteiger partial charge in [-0.1, -0.05) is 43.0 Å². The van der Waals surface area contributed by atoms with Crippen molar-refractivity contribution in [1.82, 2.24) is 16.0 Å². The van der Waals surface area contributed by atoms with Crippen LogP contribution < -0.4 is 16.0 Å². The molecule has 32 heavy (non-hydrogen) atoms.